The van der Waals surface area contributed by atoms with E-state index in [9.17, 15) is 4.79 Å². The Morgan fingerprint density at radius 2 is 2.13 bits per heavy atom. The molecule has 2 aromatic heterocycles. The van der Waals surface area contributed by atoms with Gasteiger partial charge in [-0.15, -0.1) is 16.4 Å². The largest absolute Gasteiger partial charge is 0.350 e. The Bertz CT molecular complexity index is 811. The highest BCUT2D eigenvalue weighted by molar-refractivity contribution is 7.15. The molecular weight excluding hydrogens is 312 g/mol. The molecule has 0 atom stereocenters. The van der Waals surface area contributed by atoms with Crippen molar-refractivity contribution in [3.63, 3.8) is 0 Å². The standard InChI is InChI=1S/C15H16N6OS/c1-10-5-3-4-6-12(10)15-18-11(2)13(23-15)7-16-14(22)8-21-9-17-19-20-21/h3-6,9H,7-8H2,1-2H3,(H,16,22). The van der Waals surface area contributed by atoms with Crippen LogP contribution in [0.15, 0.2) is 30.6 Å². The number of tetrazole rings is 1. The number of thiazole rings is 1. The summed E-state index contributed by atoms with van der Waals surface area (Å²) in [7, 11) is 0. The molecule has 1 aromatic carbocycles. The van der Waals surface area contributed by atoms with Crippen molar-refractivity contribution in [1.29, 1.82) is 0 Å². The van der Waals surface area contributed by atoms with Gasteiger partial charge in [0.2, 0.25) is 5.91 Å². The molecule has 1 amide bonds. The number of aromatic nitrogens is 5. The van der Waals surface area contributed by atoms with Crippen LogP contribution in [0.4, 0.5) is 0 Å². The summed E-state index contributed by atoms with van der Waals surface area (Å²) in [6, 6.07) is 8.15. The molecule has 0 bridgehead atoms. The highest BCUT2D eigenvalue weighted by atomic mass is 32.1. The maximum atomic E-state index is 11.9. The topological polar surface area (TPSA) is 85.6 Å². The molecule has 0 fully saturated rings. The Labute approximate surface area is 137 Å². The summed E-state index contributed by atoms with van der Waals surface area (Å²) in [4.78, 5) is 17.6. The van der Waals surface area contributed by atoms with Crippen LogP contribution in [-0.2, 0) is 17.9 Å². The van der Waals surface area contributed by atoms with Crippen molar-refractivity contribution in [2.24, 2.45) is 0 Å². The molecule has 0 aliphatic carbocycles. The second kappa shape index (κ2) is 6.66. The average Bonchev–Trinajstić information content (AvgIpc) is 3.15. The zero-order valence-corrected chi connectivity index (χ0v) is 13.7. The van der Waals surface area contributed by atoms with Gasteiger partial charge >= 0.3 is 0 Å². The third kappa shape index (κ3) is 3.59. The Morgan fingerprint density at radius 1 is 1.30 bits per heavy atom. The molecule has 0 aliphatic heterocycles. The molecule has 2 heterocycles. The maximum Gasteiger partial charge on any atom is 0.242 e. The monoisotopic (exact) mass is 328 g/mol. The van der Waals surface area contributed by atoms with Gasteiger partial charge in [-0.1, -0.05) is 24.3 Å². The molecule has 1 N–H and O–H groups in total. The van der Waals surface area contributed by atoms with E-state index in [2.05, 4.69) is 44.9 Å². The number of hydrogen-bond donors (Lipinski definition) is 1. The Hall–Kier alpha value is -2.61. The second-order valence-corrected chi connectivity index (χ2v) is 6.21. The fourth-order valence-electron chi connectivity index (χ4n) is 2.15. The number of rotatable bonds is 5. The van der Waals surface area contributed by atoms with E-state index in [-0.39, 0.29) is 12.5 Å². The lowest BCUT2D eigenvalue weighted by molar-refractivity contribution is -0.122. The molecule has 0 aliphatic rings. The van der Waals surface area contributed by atoms with Crippen molar-refractivity contribution in [2.75, 3.05) is 0 Å². The van der Waals surface area contributed by atoms with Crippen LogP contribution in [0.3, 0.4) is 0 Å². The third-order valence-electron chi connectivity index (χ3n) is 3.41. The lowest BCUT2D eigenvalue weighted by atomic mass is 10.1. The van der Waals surface area contributed by atoms with Crippen LogP contribution in [0.2, 0.25) is 0 Å². The smallest absolute Gasteiger partial charge is 0.242 e. The number of carbonyl (C=O) groups excluding carboxylic acids is 1. The van der Waals surface area contributed by atoms with Crippen molar-refractivity contribution >= 4 is 17.2 Å². The van der Waals surface area contributed by atoms with E-state index in [1.54, 1.807) is 11.3 Å². The molecule has 0 saturated carbocycles. The molecule has 0 spiro atoms. The first-order valence-corrected chi connectivity index (χ1v) is 7.95. The van der Waals surface area contributed by atoms with E-state index in [0.717, 1.165) is 21.1 Å². The van der Waals surface area contributed by atoms with Gasteiger partial charge < -0.3 is 5.32 Å². The quantitative estimate of drug-likeness (QED) is 0.771. The minimum atomic E-state index is -0.137. The number of hydrogen-bond acceptors (Lipinski definition) is 6. The SMILES string of the molecule is Cc1ccccc1-c1nc(C)c(CNC(=O)Cn2cnnn2)s1. The number of nitrogens with zero attached hydrogens (tertiary/aromatic N) is 5. The lowest BCUT2D eigenvalue weighted by Crippen LogP contribution is -2.27. The summed E-state index contributed by atoms with van der Waals surface area (Å²) in [5, 5.41) is 14.5. The minimum Gasteiger partial charge on any atom is -0.350 e. The molecule has 0 saturated heterocycles. The first-order valence-electron chi connectivity index (χ1n) is 7.13. The van der Waals surface area contributed by atoms with Crippen molar-refractivity contribution < 1.29 is 4.79 Å². The first kappa shape index (κ1) is 15.3. The lowest BCUT2D eigenvalue weighted by Gasteiger charge is -2.03. The summed E-state index contributed by atoms with van der Waals surface area (Å²) in [6.45, 7) is 4.59. The normalized spacial score (nSPS) is 10.7. The Balaban J connectivity index is 1.67. The predicted molar refractivity (Wildman–Crippen MR) is 86.7 cm³/mol. The van der Waals surface area contributed by atoms with Crippen LogP contribution in [0.1, 0.15) is 16.1 Å². The predicted octanol–water partition coefficient (Wildman–Crippen LogP) is 1.73. The molecule has 118 valence electrons. The number of benzene rings is 1. The number of aryl methyl sites for hydroxylation is 2. The van der Waals surface area contributed by atoms with Crippen LogP contribution in [0.5, 0.6) is 0 Å². The molecule has 8 heteroatoms. The molecule has 23 heavy (non-hydrogen) atoms. The Kier molecular flexibility index (Phi) is 4.42. The van der Waals surface area contributed by atoms with Gasteiger partial charge in [-0.3, -0.25) is 4.79 Å². The fraction of sp³-hybridized carbons (Fsp3) is 0.267. The number of nitrogens with one attached hydrogen (secondary N) is 1. The van der Waals surface area contributed by atoms with E-state index in [4.69, 9.17) is 0 Å². The van der Waals surface area contributed by atoms with Gasteiger partial charge in [0.25, 0.3) is 0 Å². The van der Waals surface area contributed by atoms with Gasteiger partial charge in [0.1, 0.15) is 17.9 Å². The van der Waals surface area contributed by atoms with E-state index >= 15 is 0 Å². The third-order valence-corrected chi connectivity index (χ3v) is 4.60. The molecular formula is C15H16N6OS. The highest BCUT2D eigenvalue weighted by Crippen LogP contribution is 2.29. The van der Waals surface area contributed by atoms with Crippen molar-refractivity contribution in [3.05, 3.63) is 46.7 Å². The van der Waals surface area contributed by atoms with Gasteiger partial charge in [0.05, 0.1) is 12.2 Å². The fourth-order valence-corrected chi connectivity index (χ4v) is 3.25. The van der Waals surface area contributed by atoms with Gasteiger partial charge in [0.15, 0.2) is 0 Å². The molecule has 0 unspecified atom stereocenters. The van der Waals surface area contributed by atoms with Gasteiger partial charge in [-0.25, -0.2) is 9.67 Å². The first-order chi connectivity index (χ1) is 11.1. The minimum absolute atomic E-state index is 0.107. The van der Waals surface area contributed by atoms with Gasteiger partial charge in [-0.05, 0) is 29.8 Å². The van der Waals surface area contributed by atoms with Gasteiger partial charge in [-0.2, -0.15) is 0 Å². The van der Waals surface area contributed by atoms with Crippen molar-refractivity contribution in [2.45, 2.75) is 26.9 Å². The molecule has 3 aromatic rings. The van der Waals surface area contributed by atoms with Crippen molar-refractivity contribution in [3.8, 4) is 10.6 Å². The van der Waals surface area contributed by atoms with Crippen LogP contribution >= 0.6 is 11.3 Å². The Morgan fingerprint density at radius 3 is 2.87 bits per heavy atom. The molecule has 0 radical (unpaired) electrons. The summed E-state index contributed by atoms with van der Waals surface area (Å²) >= 11 is 1.60. The van der Waals surface area contributed by atoms with Gasteiger partial charge in [0, 0.05) is 10.4 Å². The number of carbonyl (C=O) groups is 1. The average molecular weight is 328 g/mol. The summed E-state index contributed by atoms with van der Waals surface area (Å²) < 4.78 is 1.38. The van der Waals surface area contributed by atoms with Crippen LogP contribution in [-0.4, -0.2) is 31.1 Å². The van der Waals surface area contributed by atoms with Crippen LogP contribution in [0, 0.1) is 13.8 Å². The van der Waals surface area contributed by atoms with Crippen LogP contribution < -0.4 is 5.32 Å². The maximum absolute atomic E-state index is 11.9. The summed E-state index contributed by atoms with van der Waals surface area (Å²) in [5.74, 6) is -0.137. The second-order valence-electron chi connectivity index (χ2n) is 5.13. The summed E-state index contributed by atoms with van der Waals surface area (Å²) in [6.07, 6.45) is 1.41. The van der Waals surface area contributed by atoms with E-state index in [1.807, 2.05) is 19.1 Å². The van der Waals surface area contributed by atoms with Crippen molar-refractivity contribution in [1.82, 2.24) is 30.5 Å². The summed E-state index contributed by atoms with van der Waals surface area (Å²) in [5.41, 5.74) is 3.26. The van der Waals surface area contributed by atoms with E-state index in [0.29, 0.717) is 6.54 Å². The zero-order chi connectivity index (χ0) is 16.2. The highest BCUT2D eigenvalue weighted by Gasteiger charge is 2.12. The molecule has 3 rings (SSSR count). The molecule has 7 nitrogen and oxygen atoms in total. The van der Waals surface area contributed by atoms with E-state index < -0.39 is 0 Å². The van der Waals surface area contributed by atoms with E-state index in [1.165, 1.54) is 16.6 Å². The number of amides is 1. The zero-order valence-electron chi connectivity index (χ0n) is 12.9. The van der Waals surface area contributed by atoms with Crippen LogP contribution in [0.25, 0.3) is 10.6 Å².